The van der Waals surface area contributed by atoms with Crippen LogP contribution in [-0.2, 0) is 14.3 Å². The molecule has 0 N–H and O–H groups in total. The van der Waals surface area contributed by atoms with E-state index in [1.807, 2.05) is 12.1 Å². The third kappa shape index (κ3) is 4.95. The number of hydrogen-bond acceptors (Lipinski definition) is 5. The van der Waals surface area contributed by atoms with Gasteiger partial charge in [0.15, 0.2) is 0 Å². The summed E-state index contributed by atoms with van der Waals surface area (Å²) in [5.41, 5.74) is 0.848. The topological polar surface area (TPSA) is 52.6 Å². The first-order valence-corrected chi connectivity index (χ1v) is 6.96. The predicted molar refractivity (Wildman–Crippen MR) is 75.5 cm³/mol. The van der Waals surface area contributed by atoms with Gasteiger partial charge in [-0.25, -0.2) is 0 Å². The van der Waals surface area contributed by atoms with Gasteiger partial charge in [0.05, 0.1) is 14.2 Å². The van der Waals surface area contributed by atoms with Gasteiger partial charge in [-0.2, -0.15) is 0 Å². The van der Waals surface area contributed by atoms with Crippen LogP contribution >= 0.6 is 11.8 Å². The molecule has 104 valence electrons. The summed E-state index contributed by atoms with van der Waals surface area (Å²) in [6.07, 6.45) is 0.453. The number of rotatable bonds is 7. The van der Waals surface area contributed by atoms with Crippen LogP contribution < -0.4 is 4.74 Å². The van der Waals surface area contributed by atoms with E-state index in [4.69, 9.17) is 9.47 Å². The molecular formula is C14H18O4S. The van der Waals surface area contributed by atoms with Crippen LogP contribution in [0.15, 0.2) is 24.3 Å². The largest absolute Gasteiger partial charge is 0.497 e. The van der Waals surface area contributed by atoms with Gasteiger partial charge in [0.25, 0.3) is 0 Å². The van der Waals surface area contributed by atoms with Gasteiger partial charge < -0.3 is 9.47 Å². The van der Waals surface area contributed by atoms with Gasteiger partial charge in [0, 0.05) is 12.2 Å². The van der Waals surface area contributed by atoms with Gasteiger partial charge in [-0.3, -0.25) is 9.59 Å². The van der Waals surface area contributed by atoms with Crippen molar-refractivity contribution in [3.05, 3.63) is 29.8 Å². The molecule has 0 aliphatic heterocycles. The van der Waals surface area contributed by atoms with E-state index in [2.05, 4.69) is 0 Å². The number of benzene rings is 1. The summed E-state index contributed by atoms with van der Waals surface area (Å²) >= 11 is 1.41. The highest BCUT2D eigenvalue weighted by molar-refractivity contribution is 8.00. The third-order valence-electron chi connectivity index (χ3n) is 2.57. The number of carbonyl (C=O) groups excluding carboxylic acids is 2. The summed E-state index contributed by atoms with van der Waals surface area (Å²) in [6, 6.07) is 7.27. The zero-order valence-corrected chi connectivity index (χ0v) is 12.2. The summed E-state index contributed by atoms with van der Waals surface area (Å²) in [5.74, 6) is 1.15. The zero-order valence-electron chi connectivity index (χ0n) is 11.3. The lowest BCUT2D eigenvalue weighted by Gasteiger charge is -2.14. The number of thioether (sulfide) groups is 1. The summed E-state index contributed by atoms with van der Waals surface area (Å²) in [7, 11) is 2.96. The smallest absolute Gasteiger partial charge is 0.323 e. The number of ether oxygens (including phenoxy) is 2. The molecule has 4 nitrogen and oxygen atoms in total. The zero-order chi connectivity index (χ0) is 14.3. The van der Waals surface area contributed by atoms with Crippen molar-refractivity contribution in [2.24, 2.45) is 0 Å². The second-order valence-corrected chi connectivity index (χ2v) is 5.21. The van der Waals surface area contributed by atoms with Gasteiger partial charge in [0.2, 0.25) is 0 Å². The first kappa shape index (κ1) is 15.6. The lowest BCUT2D eigenvalue weighted by Crippen LogP contribution is -2.12. The molecule has 1 atom stereocenters. The van der Waals surface area contributed by atoms with Crippen LogP contribution in [0.5, 0.6) is 5.75 Å². The molecule has 0 amide bonds. The molecule has 19 heavy (non-hydrogen) atoms. The van der Waals surface area contributed by atoms with Crippen molar-refractivity contribution in [1.29, 1.82) is 0 Å². The number of carbonyl (C=O) groups is 2. The van der Waals surface area contributed by atoms with E-state index in [1.54, 1.807) is 26.2 Å². The van der Waals surface area contributed by atoms with Crippen molar-refractivity contribution in [3.8, 4) is 5.75 Å². The third-order valence-corrected chi connectivity index (χ3v) is 3.81. The van der Waals surface area contributed by atoms with Gasteiger partial charge in [-0.1, -0.05) is 12.1 Å². The maximum atomic E-state index is 11.8. The Morgan fingerprint density at radius 3 is 2.32 bits per heavy atom. The molecule has 0 aliphatic rings. The fourth-order valence-corrected chi connectivity index (χ4v) is 2.73. The minimum Gasteiger partial charge on any atom is -0.497 e. The summed E-state index contributed by atoms with van der Waals surface area (Å²) in [6.45, 7) is 1.54. The Morgan fingerprint density at radius 2 is 1.84 bits per heavy atom. The number of ketones is 1. The molecular weight excluding hydrogens is 264 g/mol. The van der Waals surface area contributed by atoms with Crippen molar-refractivity contribution >= 4 is 23.5 Å². The Bertz CT molecular complexity index is 428. The van der Waals surface area contributed by atoms with E-state index in [9.17, 15) is 9.59 Å². The van der Waals surface area contributed by atoms with Crippen molar-refractivity contribution in [2.75, 3.05) is 20.0 Å². The highest BCUT2D eigenvalue weighted by atomic mass is 32.2. The molecule has 0 saturated heterocycles. The molecule has 1 aromatic carbocycles. The Hall–Kier alpha value is -1.49. The number of Topliss-reactive ketones (excluding diaryl/α,β-unsaturated/α-hetero) is 1. The molecule has 0 radical (unpaired) electrons. The molecule has 0 aliphatic carbocycles. The van der Waals surface area contributed by atoms with Crippen LogP contribution in [0.1, 0.15) is 24.2 Å². The normalized spacial score (nSPS) is 11.7. The van der Waals surface area contributed by atoms with Crippen LogP contribution in [0.2, 0.25) is 0 Å². The average Bonchev–Trinajstić information content (AvgIpc) is 2.43. The molecule has 5 heteroatoms. The molecule has 1 rings (SSSR count). The lowest BCUT2D eigenvalue weighted by molar-refractivity contribution is -0.140. The lowest BCUT2D eigenvalue weighted by atomic mass is 10.1. The first-order chi connectivity index (χ1) is 9.08. The molecule has 0 bridgehead atoms. The Kier molecular flexibility index (Phi) is 6.42. The molecule has 1 unspecified atom stereocenters. The van der Waals surface area contributed by atoms with Crippen LogP contribution in [0, 0.1) is 0 Å². The van der Waals surface area contributed by atoms with Crippen LogP contribution in [0.3, 0.4) is 0 Å². The Morgan fingerprint density at radius 1 is 1.21 bits per heavy atom. The van der Waals surface area contributed by atoms with Gasteiger partial charge >= 0.3 is 5.97 Å². The minimum atomic E-state index is -0.407. The second-order valence-electron chi connectivity index (χ2n) is 4.00. The average molecular weight is 282 g/mol. The second kappa shape index (κ2) is 7.84. The molecule has 0 heterocycles. The highest BCUT2D eigenvalue weighted by Gasteiger charge is 2.21. The summed E-state index contributed by atoms with van der Waals surface area (Å²) < 4.78 is 9.89. The van der Waals surface area contributed by atoms with Crippen LogP contribution in [0.4, 0.5) is 0 Å². The van der Waals surface area contributed by atoms with E-state index in [0.29, 0.717) is 12.2 Å². The predicted octanol–water partition coefficient (Wildman–Crippen LogP) is 2.62. The standard InChI is InChI=1S/C14H18O4S/c1-10(15)8-9-19-13(14(16)18-3)11-4-6-12(17-2)7-5-11/h4-7,13H,8-9H2,1-3H3. The number of hydrogen-bond donors (Lipinski definition) is 0. The quantitative estimate of drug-likeness (QED) is 0.720. The van der Waals surface area contributed by atoms with Gasteiger partial charge in [0.1, 0.15) is 16.8 Å². The van der Waals surface area contributed by atoms with E-state index in [-0.39, 0.29) is 11.8 Å². The van der Waals surface area contributed by atoms with Crippen molar-refractivity contribution in [2.45, 2.75) is 18.6 Å². The summed E-state index contributed by atoms with van der Waals surface area (Å²) in [4.78, 5) is 22.7. The Balaban J connectivity index is 2.77. The number of methoxy groups -OCH3 is 2. The van der Waals surface area contributed by atoms with E-state index in [0.717, 1.165) is 11.3 Å². The maximum absolute atomic E-state index is 11.8. The van der Waals surface area contributed by atoms with Gasteiger partial charge in [-0.05, 0) is 24.6 Å². The van der Waals surface area contributed by atoms with Gasteiger partial charge in [-0.15, -0.1) is 11.8 Å². The highest BCUT2D eigenvalue weighted by Crippen LogP contribution is 2.31. The number of esters is 1. The molecule has 0 fully saturated rings. The van der Waals surface area contributed by atoms with E-state index < -0.39 is 5.25 Å². The molecule has 0 saturated carbocycles. The van der Waals surface area contributed by atoms with Crippen molar-refractivity contribution in [3.63, 3.8) is 0 Å². The fraction of sp³-hybridized carbons (Fsp3) is 0.429. The molecule has 1 aromatic rings. The van der Waals surface area contributed by atoms with E-state index in [1.165, 1.54) is 18.9 Å². The molecule has 0 spiro atoms. The monoisotopic (exact) mass is 282 g/mol. The fourth-order valence-electron chi connectivity index (χ4n) is 1.51. The minimum absolute atomic E-state index is 0.117. The van der Waals surface area contributed by atoms with Crippen molar-refractivity contribution in [1.82, 2.24) is 0 Å². The van der Waals surface area contributed by atoms with Crippen LogP contribution in [0.25, 0.3) is 0 Å². The van der Waals surface area contributed by atoms with Crippen LogP contribution in [-0.4, -0.2) is 31.7 Å². The SMILES string of the molecule is COC(=O)C(SCCC(C)=O)c1ccc(OC)cc1. The molecule has 0 aromatic heterocycles. The Labute approximate surface area is 117 Å². The summed E-state index contributed by atoms with van der Waals surface area (Å²) in [5, 5.41) is -0.407. The van der Waals surface area contributed by atoms with E-state index >= 15 is 0 Å². The maximum Gasteiger partial charge on any atom is 0.323 e. The van der Waals surface area contributed by atoms with Crippen molar-refractivity contribution < 1.29 is 19.1 Å². The first-order valence-electron chi connectivity index (χ1n) is 5.91.